The monoisotopic (exact) mass is 291 g/mol. The lowest BCUT2D eigenvalue weighted by molar-refractivity contribution is 0.482. The SMILES string of the molecule is CCC(C)CC(C)Nc1nc(NN)nc(-n2cncn2)n1. The van der Waals surface area contributed by atoms with Crippen LogP contribution in [0.5, 0.6) is 0 Å². The first kappa shape index (κ1) is 15.1. The van der Waals surface area contributed by atoms with Gasteiger partial charge in [-0.3, -0.25) is 5.43 Å². The molecule has 21 heavy (non-hydrogen) atoms. The van der Waals surface area contributed by atoms with Crippen molar-refractivity contribution in [3.63, 3.8) is 0 Å². The van der Waals surface area contributed by atoms with Gasteiger partial charge in [0.05, 0.1) is 0 Å². The van der Waals surface area contributed by atoms with E-state index >= 15 is 0 Å². The lowest BCUT2D eigenvalue weighted by Gasteiger charge is -2.17. The van der Waals surface area contributed by atoms with E-state index in [9.17, 15) is 0 Å². The van der Waals surface area contributed by atoms with E-state index in [1.807, 2.05) is 0 Å². The first-order chi connectivity index (χ1) is 10.1. The van der Waals surface area contributed by atoms with Crippen LogP contribution in [0.3, 0.4) is 0 Å². The molecule has 0 aliphatic rings. The largest absolute Gasteiger partial charge is 0.352 e. The summed E-state index contributed by atoms with van der Waals surface area (Å²) in [5.41, 5.74) is 2.43. The van der Waals surface area contributed by atoms with Gasteiger partial charge < -0.3 is 5.32 Å². The molecular weight excluding hydrogens is 270 g/mol. The Morgan fingerprint density at radius 3 is 2.62 bits per heavy atom. The molecule has 0 radical (unpaired) electrons. The smallest absolute Gasteiger partial charge is 0.258 e. The Morgan fingerprint density at radius 1 is 1.24 bits per heavy atom. The maximum absolute atomic E-state index is 5.40. The molecule has 9 nitrogen and oxygen atoms in total. The van der Waals surface area contributed by atoms with Crippen LogP contribution < -0.4 is 16.6 Å². The van der Waals surface area contributed by atoms with Crippen LogP contribution in [0.25, 0.3) is 5.95 Å². The van der Waals surface area contributed by atoms with Crippen LogP contribution in [0.1, 0.15) is 33.6 Å². The Labute approximate surface area is 123 Å². The number of nitrogens with zero attached hydrogens (tertiary/aromatic N) is 6. The molecule has 0 amide bonds. The molecule has 2 aromatic heterocycles. The molecular formula is C12H21N9. The first-order valence-electron chi connectivity index (χ1n) is 6.96. The molecule has 9 heteroatoms. The molecule has 2 heterocycles. The molecule has 0 aliphatic heterocycles. The van der Waals surface area contributed by atoms with Crippen LogP contribution >= 0.6 is 0 Å². The van der Waals surface area contributed by atoms with E-state index in [0.717, 1.165) is 12.8 Å². The fourth-order valence-electron chi connectivity index (χ4n) is 1.96. The normalized spacial score (nSPS) is 13.7. The minimum Gasteiger partial charge on any atom is -0.352 e. The Morgan fingerprint density at radius 2 is 2.00 bits per heavy atom. The highest BCUT2D eigenvalue weighted by atomic mass is 15.4. The zero-order valence-corrected chi connectivity index (χ0v) is 12.5. The molecule has 2 unspecified atom stereocenters. The van der Waals surface area contributed by atoms with E-state index in [4.69, 9.17) is 5.84 Å². The van der Waals surface area contributed by atoms with Gasteiger partial charge in [0.2, 0.25) is 11.9 Å². The molecule has 0 spiro atoms. The summed E-state index contributed by atoms with van der Waals surface area (Å²) >= 11 is 0. The fraction of sp³-hybridized carbons (Fsp3) is 0.583. The molecule has 0 saturated carbocycles. The summed E-state index contributed by atoms with van der Waals surface area (Å²) in [6.07, 6.45) is 5.11. The number of nitrogen functional groups attached to an aromatic ring is 1. The molecule has 0 saturated heterocycles. The summed E-state index contributed by atoms with van der Waals surface area (Å²) in [5, 5.41) is 7.27. The van der Waals surface area contributed by atoms with Gasteiger partial charge in [-0.1, -0.05) is 20.3 Å². The van der Waals surface area contributed by atoms with E-state index in [1.54, 1.807) is 0 Å². The Hall–Kier alpha value is -2.29. The lowest BCUT2D eigenvalue weighted by Crippen LogP contribution is -2.22. The number of rotatable bonds is 7. The second-order valence-corrected chi connectivity index (χ2v) is 5.06. The topological polar surface area (TPSA) is 119 Å². The van der Waals surface area contributed by atoms with Crippen molar-refractivity contribution in [2.75, 3.05) is 10.7 Å². The van der Waals surface area contributed by atoms with Crippen molar-refractivity contribution in [2.45, 2.75) is 39.7 Å². The molecule has 2 rings (SSSR count). The minimum absolute atomic E-state index is 0.247. The average Bonchev–Trinajstić information content (AvgIpc) is 3.00. The third-order valence-corrected chi connectivity index (χ3v) is 3.20. The second kappa shape index (κ2) is 6.93. The third kappa shape index (κ3) is 4.09. The van der Waals surface area contributed by atoms with Crippen molar-refractivity contribution in [1.29, 1.82) is 0 Å². The molecule has 2 atom stereocenters. The van der Waals surface area contributed by atoms with E-state index in [2.05, 4.69) is 56.5 Å². The molecule has 0 aliphatic carbocycles. The standard InChI is InChI=1S/C12H21N9/c1-4-8(2)5-9(3)16-10-17-11(20-13)19-12(18-10)21-7-14-6-15-21/h6-9H,4-5,13H2,1-3H3,(H2,16,17,18,19,20). The van der Waals surface area contributed by atoms with Crippen molar-refractivity contribution in [2.24, 2.45) is 11.8 Å². The predicted molar refractivity (Wildman–Crippen MR) is 79.7 cm³/mol. The summed E-state index contributed by atoms with van der Waals surface area (Å²) in [5.74, 6) is 7.12. The molecule has 4 N–H and O–H groups in total. The van der Waals surface area contributed by atoms with Crippen LogP contribution in [-0.2, 0) is 0 Å². The number of aromatic nitrogens is 6. The summed E-state index contributed by atoms with van der Waals surface area (Å²) in [7, 11) is 0. The van der Waals surface area contributed by atoms with E-state index in [1.165, 1.54) is 17.3 Å². The van der Waals surface area contributed by atoms with Gasteiger partial charge in [-0.15, -0.1) is 0 Å². The van der Waals surface area contributed by atoms with Gasteiger partial charge in [0, 0.05) is 6.04 Å². The fourth-order valence-corrected chi connectivity index (χ4v) is 1.96. The van der Waals surface area contributed by atoms with E-state index < -0.39 is 0 Å². The van der Waals surface area contributed by atoms with Crippen LogP contribution in [0, 0.1) is 5.92 Å². The second-order valence-electron chi connectivity index (χ2n) is 5.06. The number of nitrogens with two attached hydrogens (primary N) is 1. The summed E-state index contributed by atoms with van der Waals surface area (Å²) < 4.78 is 1.45. The van der Waals surface area contributed by atoms with Gasteiger partial charge in [0.15, 0.2) is 0 Å². The summed E-state index contributed by atoms with van der Waals surface area (Å²) in [4.78, 5) is 16.5. The average molecular weight is 291 g/mol. The molecule has 0 bridgehead atoms. The molecule has 114 valence electrons. The van der Waals surface area contributed by atoms with Gasteiger partial charge in [-0.05, 0) is 19.3 Å². The van der Waals surface area contributed by atoms with Crippen LogP contribution in [0.4, 0.5) is 11.9 Å². The zero-order valence-electron chi connectivity index (χ0n) is 12.5. The number of hydrogen-bond donors (Lipinski definition) is 3. The first-order valence-corrected chi connectivity index (χ1v) is 6.96. The number of hydrogen-bond acceptors (Lipinski definition) is 8. The molecule has 2 aromatic rings. The highest BCUT2D eigenvalue weighted by Gasteiger charge is 2.12. The zero-order chi connectivity index (χ0) is 15.2. The molecule has 0 aromatic carbocycles. The highest BCUT2D eigenvalue weighted by molar-refractivity contribution is 5.37. The van der Waals surface area contributed by atoms with Crippen molar-refractivity contribution in [3.05, 3.63) is 12.7 Å². The van der Waals surface area contributed by atoms with E-state index in [-0.39, 0.29) is 12.0 Å². The van der Waals surface area contributed by atoms with Gasteiger partial charge in [0.1, 0.15) is 12.7 Å². The maximum Gasteiger partial charge on any atom is 0.258 e. The maximum atomic E-state index is 5.40. The van der Waals surface area contributed by atoms with Gasteiger partial charge in [0.25, 0.3) is 5.95 Å². The van der Waals surface area contributed by atoms with Crippen molar-refractivity contribution < 1.29 is 0 Å². The van der Waals surface area contributed by atoms with Crippen LogP contribution in [0.2, 0.25) is 0 Å². The quantitative estimate of drug-likeness (QED) is 0.510. The highest BCUT2D eigenvalue weighted by Crippen LogP contribution is 2.14. The van der Waals surface area contributed by atoms with Crippen molar-refractivity contribution in [1.82, 2.24) is 29.7 Å². The predicted octanol–water partition coefficient (Wildman–Crippen LogP) is 0.974. The summed E-state index contributed by atoms with van der Waals surface area (Å²) in [6, 6.07) is 0.247. The van der Waals surface area contributed by atoms with Crippen LogP contribution in [0.15, 0.2) is 12.7 Å². The van der Waals surface area contributed by atoms with Crippen LogP contribution in [-0.4, -0.2) is 35.8 Å². The Bertz CT molecular complexity index is 554. The van der Waals surface area contributed by atoms with Gasteiger partial charge >= 0.3 is 0 Å². The van der Waals surface area contributed by atoms with Gasteiger partial charge in [-0.25, -0.2) is 10.8 Å². The minimum atomic E-state index is 0.247. The van der Waals surface area contributed by atoms with E-state index in [0.29, 0.717) is 17.8 Å². The number of hydrazine groups is 1. The number of anilines is 2. The number of nitrogens with one attached hydrogen (secondary N) is 2. The van der Waals surface area contributed by atoms with Gasteiger partial charge in [-0.2, -0.15) is 24.7 Å². The Kier molecular flexibility index (Phi) is 4.99. The molecule has 0 fully saturated rings. The van der Waals surface area contributed by atoms with Crippen molar-refractivity contribution in [3.8, 4) is 5.95 Å². The Balaban J connectivity index is 2.17. The lowest BCUT2D eigenvalue weighted by atomic mass is 10.0. The van der Waals surface area contributed by atoms with Crippen molar-refractivity contribution >= 4 is 11.9 Å². The third-order valence-electron chi connectivity index (χ3n) is 3.20. The summed E-state index contributed by atoms with van der Waals surface area (Å²) in [6.45, 7) is 6.50.